The highest BCUT2D eigenvalue weighted by molar-refractivity contribution is 5.89. The van der Waals surface area contributed by atoms with E-state index in [2.05, 4.69) is 4.90 Å². The van der Waals surface area contributed by atoms with Crippen molar-refractivity contribution in [3.05, 3.63) is 11.6 Å². The fourth-order valence-corrected chi connectivity index (χ4v) is 4.11. The molecule has 3 aliphatic rings. The summed E-state index contributed by atoms with van der Waals surface area (Å²) in [5, 5.41) is 10.6. The summed E-state index contributed by atoms with van der Waals surface area (Å²) >= 11 is 0. The molecule has 3 rings (SSSR count). The number of hydrogen-bond donors (Lipinski definition) is 1. The number of cyclic esters (lactones) is 1. The number of carbonyl (C=O) groups excluding carboxylic acids is 2. The molecular weight excluding hydrogens is 310 g/mol. The van der Waals surface area contributed by atoms with Crippen LogP contribution >= 0.6 is 0 Å². The van der Waals surface area contributed by atoms with Gasteiger partial charge in [0.15, 0.2) is 5.60 Å². The Hall–Kier alpha value is -1.40. The molecule has 1 N–H and O–H groups in total. The van der Waals surface area contributed by atoms with Crippen molar-refractivity contribution in [3.8, 4) is 0 Å². The second-order valence-corrected chi connectivity index (χ2v) is 7.47. The molecule has 24 heavy (non-hydrogen) atoms. The number of nitrogens with zero attached hydrogens (tertiary/aromatic N) is 1. The van der Waals surface area contributed by atoms with E-state index in [0.29, 0.717) is 5.57 Å². The fourth-order valence-electron chi connectivity index (χ4n) is 4.11. The third-order valence-electron chi connectivity index (χ3n) is 5.97. The summed E-state index contributed by atoms with van der Waals surface area (Å²) in [5.74, 6) is -1.23. The number of rotatable bonds is 0. The van der Waals surface area contributed by atoms with Crippen LogP contribution in [0.2, 0.25) is 0 Å². The number of carbonyl (C=O) groups is 2. The van der Waals surface area contributed by atoms with Crippen LogP contribution in [0.25, 0.3) is 0 Å². The molecule has 3 saturated heterocycles. The lowest BCUT2D eigenvalue weighted by Gasteiger charge is -2.32. The predicted octanol–water partition coefficient (Wildman–Crippen LogP) is 1.27. The SMILES string of the molecule is C/C=C1/CC(C)[C@@](C)(O)C(=O)OC[C@H]2CCN3CC[C@@H](OC1=O)[C@@H]23. The molecule has 0 aromatic heterocycles. The van der Waals surface area contributed by atoms with Crippen LogP contribution in [0.1, 0.15) is 40.0 Å². The molecule has 0 spiro atoms. The van der Waals surface area contributed by atoms with Gasteiger partial charge in [-0.25, -0.2) is 9.59 Å². The monoisotopic (exact) mass is 337 g/mol. The summed E-state index contributed by atoms with van der Waals surface area (Å²) in [7, 11) is 0. The van der Waals surface area contributed by atoms with Gasteiger partial charge >= 0.3 is 11.9 Å². The lowest BCUT2D eigenvalue weighted by Crippen LogP contribution is -2.46. The minimum atomic E-state index is -1.62. The van der Waals surface area contributed by atoms with Gasteiger partial charge in [-0.05, 0) is 45.6 Å². The van der Waals surface area contributed by atoms with Gasteiger partial charge in [0.2, 0.25) is 0 Å². The lowest BCUT2D eigenvalue weighted by molar-refractivity contribution is -0.172. The van der Waals surface area contributed by atoms with E-state index < -0.39 is 17.5 Å². The van der Waals surface area contributed by atoms with Gasteiger partial charge in [0.25, 0.3) is 0 Å². The lowest BCUT2D eigenvalue weighted by atomic mass is 9.85. The van der Waals surface area contributed by atoms with Gasteiger partial charge in [0, 0.05) is 18.0 Å². The van der Waals surface area contributed by atoms with Crippen molar-refractivity contribution in [2.45, 2.75) is 57.8 Å². The Kier molecular flexibility index (Phi) is 4.71. The van der Waals surface area contributed by atoms with Crippen LogP contribution in [0.5, 0.6) is 0 Å². The minimum absolute atomic E-state index is 0.113. The molecule has 3 heterocycles. The van der Waals surface area contributed by atoms with Crippen LogP contribution in [-0.2, 0) is 19.1 Å². The predicted molar refractivity (Wildman–Crippen MR) is 87.1 cm³/mol. The second kappa shape index (κ2) is 6.48. The maximum Gasteiger partial charge on any atom is 0.338 e. The molecule has 5 atom stereocenters. The first-order chi connectivity index (χ1) is 11.3. The first kappa shape index (κ1) is 17.4. The van der Waals surface area contributed by atoms with Crippen molar-refractivity contribution >= 4 is 11.9 Å². The van der Waals surface area contributed by atoms with Crippen LogP contribution in [0.4, 0.5) is 0 Å². The maximum absolute atomic E-state index is 12.6. The minimum Gasteiger partial charge on any atom is -0.463 e. The zero-order chi connectivity index (χ0) is 17.5. The average molecular weight is 337 g/mol. The molecule has 6 heteroatoms. The Labute approximate surface area is 142 Å². The summed E-state index contributed by atoms with van der Waals surface area (Å²) in [4.78, 5) is 27.3. The van der Waals surface area contributed by atoms with Crippen LogP contribution in [0, 0.1) is 11.8 Å². The van der Waals surface area contributed by atoms with E-state index in [1.165, 1.54) is 6.92 Å². The summed E-state index contributed by atoms with van der Waals surface area (Å²) in [6, 6.07) is 0.113. The largest absolute Gasteiger partial charge is 0.463 e. The third-order valence-corrected chi connectivity index (χ3v) is 5.97. The molecule has 0 bridgehead atoms. The normalized spacial score (nSPS) is 42.9. The number of ether oxygens (including phenoxy) is 2. The van der Waals surface area contributed by atoms with E-state index >= 15 is 0 Å². The van der Waals surface area contributed by atoms with Crippen molar-refractivity contribution in [1.82, 2.24) is 4.90 Å². The highest BCUT2D eigenvalue weighted by Crippen LogP contribution is 2.36. The van der Waals surface area contributed by atoms with Crippen LogP contribution < -0.4 is 0 Å². The van der Waals surface area contributed by atoms with Crippen molar-refractivity contribution in [1.29, 1.82) is 0 Å². The van der Waals surface area contributed by atoms with E-state index in [-0.39, 0.29) is 37.1 Å². The topological polar surface area (TPSA) is 76.1 Å². The third kappa shape index (κ3) is 2.97. The summed E-state index contributed by atoms with van der Waals surface area (Å²) in [5.41, 5.74) is -1.12. The zero-order valence-electron chi connectivity index (χ0n) is 14.7. The van der Waals surface area contributed by atoms with Crippen molar-refractivity contribution < 1.29 is 24.2 Å². The van der Waals surface area contributed by atoms with Crippen molar-refractivity contribution in [2.75, 3.05) is 19.7 Å². The van der Waals surface area contributed by atoms with Gasteiger partial charge in [-0.3, -0.25) is 4.90 Å². The van der Waals surface area contributed by atoms with Crippen LogP contribution in [-0.4, -0.2) is 59.4 Å². The molecule has 0 aromatic carbocycles. The molecule has 134 valence electrons. The van der Waals surface area contributed by atoms with Gasteiger partial charge in [-0.15, -0.1) is 0 Å². The molecule has 0 radical (unpaired) electrons. The molecule has 6 nitrogen and oxygen atoms in total. The standard InChI is InChI=1S/C18H27NO5/c1-4-12-9-11(2)18(3,22)17(21)23-10-13-5-7-19-8-6-14(15(13)19)24-16(12)20/h4,11,13-15,22H,5-10H2,1-3H3/b12-4-/t11?,13-,14-,15-,18-/m1/s1. The van der Waals surface area contributed by atoms with Gasteiger partial charge in [-0.1, -0.05) is 13.0 Å². The molecular formula is C18H27NO5. The Morgan fingerprint density at radius 1 is 1.29 bits per heavy atom. The molecule has 3 aliphatic heterocycles. The van der Waals surface area contributed by atoms with E-state index in [0.717, 1.165) is 25.9 Å². The molecule has 0 aromatic rings. The smallest absolute Gasteiger partial charge is 0.338 e. The summed E-state index contributed by atoms with van der Waals surface area (Å²) < 4.78 is 11.3. The molecule has 3 fully saturated rings. The Morgan fingerprint density at radius 3 is 2.71 bits per heavy atom. The summed E-state index contributed by atoms with van der Waals surface area (Å²) in [6.07, 6.45) is 3.59. The van der Waals surface area contributed by atoms with E-state index in [1.54, 1.807) is 19.9 Å². The number of allylic oxidation sites excluding steroid dienone is 1. The molecule has 0 saturated carbocycles. The Morgan fingerprint density at radius 2 is 2.00 bits per heavy atom. The van der Waals surface area contributed by atoms with E-state index in [1.807, 2.05) is 0 Å². The van der Waals surface area contributed by atoms with Gasteiger partial charge in [0.05, 0.1) is 12.6 Å². The Balaban J connectivity index is 1.89. The maximum atomic E-state index is 12.6. The van der Waals surface area contributed by atoms with Gasteiger partial charge in [0.1, 0.15) is 6.10 Å². The summed E-state index contributed by atoms with van der Waals surface area (Å²) in [6.45, 7) is 7.11. The second-order valence-electron chi connectivity index (χ2n) is 7.47. The molecule has 0 aliphatic carbocycles. The van der Waals surface area contributed by atoms with Gasteiger partial charge < -0.3 is 14.6 Å². The number of esters is 2. The molecule has 0 amide bonds. The van der Waals surface area contributed by atoms with E-state index in [9.17, 15) is 14.7 Å². The zero-order valence-corrected chi connectivity index (χ0v) is 14.7. The van der Waals surface area contributed by atoms with Crippen molar-refractivity contribution in [3.63, 3.8) is 0 Å². The first-order valence-electron chi connectivity index (χ1n) is 8.84. The average Bonchev–Trinajstić information content (AvgIpc) is 3.12. The van der Waals surface area contributed by atoms with E-state index in [4.69, 9.17) is 9.47 Å². The van der Waals surface area contributed by atoms with Crippen LogP contribution in [0.15, 0.2) is 11.6 Å². The molecule has 1 unspecified atom stereocenters. The Bertz CT molecular complexity index is 556. The van der Waals surface area contributed by atoms with Gasteiger partial charge in [-0.2, -0.15) is 0 Å². The number of aliphatic hydroxyl groups is 1. The quantitative estimate of drug-likeness (QED) is 0.530. The van der Waals surface area contributed by atoms with Crippen LogP contribution in [0.3, 0.4) is 0 Å². The highest BCUT2D eigenvalue weighted by Gasteiger charge is 2.48. The van der Waals surface area contributed by atoms with Crippen molar-refractivity contribution in [2.24, 2.45) is 11.8 Å². The number of hydrogen-bond acceptors (Lipinski definition) is 6. The first-order valence-corrected chi connectivity index (χ1v) is 8.84. The highest BCUT2D eigenvalue weighted by atomic mass is 16.6. The fraction of sp³-hybridized carbons (Fsp3) is 0.778.